The molecule has 8 heteroatoms. The van der Waals surface area contributed by atoms with Gasteiger partial charge in [-0.3, -0.25) is 14.5 Å². The lowest BCUT2D eigenvalue weighted by Crippen LogP contribution is -2.53. The molecule has 0 saturated carbocycles. The molecule has 1 aliphatic rings. The van der Waals surface area contributed by atoms with Gasteiger partial charge in [0.05, 0.1) is 22.5 Å². The molecule has 1 saturated heterocycles. The van der Waals surface area contributed by atoms with Crippen LogP contribution in [0.1, 0.15) is 28.0 Å². The van der Waals surface area contributed by atoms with E-state index in [9.17, 15) is 9.59 Å². The Bertz CT molecular complexity index is 720. The molecule has 0 radical (unpaired) electrons. The number of furan rings is 1. The average molecular weight is 362 g/mol. The Balaban J connectivity index is 1.46. The standard InChI is InChI=1S/C17H22N4O3S/c1-12(18-16(22)14-3-8-24-10-14)17(23)21-6-4-20(5-7-21)9-15-11-25-13(2)19-15/h3,8,10-12H,4-7,9H2,1-2H3,(H,18,22)/t12-/m1/s1. The molecule has 0 unspecified atom stereocenters. The number of carbonyl (C=O) groups is 2. The number of piperazine rings is 1. The third kappa shape index (κ3) is 4.46. The SMILES string of the molecule is Cc1nc(CN2CCN(C(=O)[C@@H](C)NC(=O)c3ccoc3)CC2)cs1. The van der Waals surface area contributed by atoms with Crippen LogP contribution >= 0.6 is 11.3 Å². The van der Waals surface area contributed by atoms with E-state index in [2.05, 4.69) is 20.6 Å². The number of rotatable bonds is 5. The Morgan fingerprint density at radius 3 is 2.72 bits per heavy atom. The Kier molecular flexibility index (Phi) is 5.50. The predicted molar refractivity (Wildman–Crippen MR) is 94.3 cm³/mol. The summed E-state index contributed by atoms with van der Waals surface area (Å²) >= 11 is 1.66. The molecule has 1 fully saturated rings. The summed E-state index contributed by atoms with van der Waals surface area (Å²) in [6.07, 6.45) is 2.80. The molecule has 1 atom stereocenters. The molecule has 1 aliphatic heterocycles. The van der Waals surface area contributed by atoms with Crippen molar-refractivity contribution >= 4 is 23.2 Å². The van der Waals surface area contributed by atoms with Gasteiger partial charge in [-0.2, -0.15) is 0 Å². The first-order valence-corrected chi connectivity index (χ1v) is 9.16. The zero-order valence-corrected chi connectivity index (χ0v) is 15.2. The third-order valence-corrected chi connectivity index (χ3v) is 5.06. The summed E-state index contributed by atoms with van der Waals surface area (Å²) < 4.78 is 4.89. The number of amides is 2. The summed E-state index contributed by atoms with van der Waals surface area (Å²) in [7, 11) is 0. The van der Waals surface area contributed by atoms with Crippen molar-refractivity contribution in [3.63, 3.8) is 0 Å². The number of aryl methyl sites for hydroxylation is 1. The van der Waals surface area contributed by atoms with E-state index in [-0.39, 0.29) is 11.8 Å². The fourth-order valence-electron chi connectivity index (χ4n) is 2.85. The van der Waals surface area contributed by atoms with Gasteiger partial charge in [-0.25, -0.2) is 4.98 Å². The van der Waals surface area contributed by atoms with Crippen molar-refractivity contribution in [2.45, 2.75) is 26.4 Å². The van der Waals surface area contributed by atoms with E-state index in [4.69, 9.17) is 4.42 Å². The molecule has 2 aromatic rings. The second-order valence-electron chi connectivity index (χ2n) is 6.17. The van der Waals surface area contributed by atoms with Crippen molar-refractivity contribution in [1.29, 1.82) is 0 Å². The summed E-state index contributed by atoms with van der Waals surface area (Å²) in [5, 5.41) is 5.88. The van der Waals surface area contributed by atoms with E-state index in [0.717, 1.165) is 30.3 Å². The highest BCUT2D eigenvalue weighted by atomic mass is 32.1. The van der Waals surface area contributed by atoms with Crippen molar-refractivity contribution in [3.8, 4) is 0 Å². The van der Waals surface area contributed by atoms with Crippen LogP contribution in [0.2, 0.25) is 0 Å². The summed E-state index contributed by atoms with van der Waals surface area (Å²) in [5.41, 5.74) is 1.51. The molecular formula is C17H22N4O3S. The van der Waals surface area contributed by atoms with Gasteiger partial charge in [0.15, 0.2) is 0 Å². The van der Waals surface area contributed by atoms with E-state index >= 15 is 0 Å². The summed E-state index contributed by atoms with van der Waals surface area (Å²) in [5.74, 6) is -0.354. The average Bonchev–Trinajstić information content (AvgIpc) is 3.27. The minimum absolute atomic E-state index is 0.0546. The lowest BCUT2D eigenvalue weighted by Gasteiger charge is -2.35. The van der Waals surface area contributed by atoms with Crippen LogP contribution in [0.25, 0.3) is 0 Å². The van der Waals surface area contributed by atoms with Gasteiger partial charge in [0.25, 0.3) is 5.91 Å². The summed E-state index contributed by atoms with van der Waals surface area (Å²) in [4.78, 5) is 33.1. The third-order valence-electron chi connectivity index (χ3n) is 4.24. The highest BCUT2D eigenvalue weighted by molar-refractivity contribution is 7.09. The van der Waals surface area contributed by atoms with Gasteiger partial charge in [-0.1, -0.05) is 0 Å². The van der Waals surface area contributed by atoms with Crippen LogP contribution in [-0.2, 0) is 11.3 Å². The smallest absolute Gasteiger partial charge is 0.255 e. The Morgan fingerprint density at radius 1 is 1.36 bits per heavy atom. The zero-order valence-electron chi connectivity index (χ0n) is 14.4. The van der Waals surface area contributed by atoms with Crippen LogP contribution in [-0.4, -0.2) is 58.8 Å². The molecule has 3 heterocycles. The van der Waals surface area contributed by atoms with Crippen molar-refractivity contribution in [1.82, 2.24) is 20.1 Å². The van der Waals surface area contributed by atoms with Gasteiger partial charge in [0.1, 0.15) is 12.3 Å². The molecule has 134 valence electrons. The maximum absolute atomic E-state index is 12.5. The molecule has 0 aliphatic carbocycles. The number of aromatic nitrogens is 1. The first-order valence-electron chi connectivity index (χ1n) is 8.28. The molecule has 7 nitrogen and oxygen atoms in total. The van der Waals surface area contributed by atoms with Gasteiger partial charge < -0.3 is 14.6 Å². The van der Waals surface area contributed by atoms with Gasteiger partial charge in [0, 0.05) is 38.1 Å². The Hall–Kier alpha value is -2.19. The van der Waals surface area contributed by atoms with Gasteiger partial charge in [-0.05, 0) is 19.9 Å². The monoisotopic (exact) mass is 362 g/mol. The fraction of sp³-hybridized carbons (Fsp3) is 0.471. The Labute approximate surface area is 150 Å². The van der Waals surface area contributed by atoms with Crippen LogP contribution in [0.3, 0.4) is 0 Å². The predicted octanol–water partition coefficient (Wildman–Crippen LogP) is 1.51. The molecule has 1 N–H and O–H groups in total. The van der Waals surface area contributed by atoms with E-state index < -0.39 is 6.04 Å². The molecule has 2 amide bonds. The van der Waals surface area contributed by atoms with Crippen LogP contribution < -0.4 is 5.32 Å². The van der Waals surface area contributed by atoms with Crippen molar-refractivity contribution < 1.29 is 14.0 Å². The molecule has 2 aromatic heterocycles. The number of carbonyl (C=O) groups excluding carboxylic acids is 2. The highest BCUT2D eigenvalue weighted by Gasteiger charge is 2.26. The van der Waals surface area contributed by atoms with Gasteiger partial charge >= 0.3 is 0 Å². The molecule has 3 rings (SSSR count). The summed E-state index contributed by atoms with van der Waals surface area (Å²) in [6, 6.07) is 1.01. The highest BCUT2D eigenvalue weighted by Crippen LogP contribution is 2.13. The number of nitrogens with zero attached hydrogens (tertiary/aromatic N) is 3. The maximum atomic E-state index is 12.5. The largest absolute Gasteiger partial charge is 0.472 e. The minimum atomic E-state index is -0.560. The number of hydrogen-bond donors (Lipinski definition) is 1. The quantitative estimate of drug-likeness (QED) is 0.872. The topological polar surface area (TPSA) is 78.7 Å². The molecule has 0 spiro atoms. The molecule has 0 bridgehead atoms. The van der Waals surface area contributed by atoms with Crippen molar-refractivity contribution in [2.75, 3.05) is 26.2 Å². The second kappa shape index (κ2) is 7.79. The van der Waals surface area contributed by atoms with E-state index in [1.54, 1.807) is 24.3 Å². The summed E-state index contributed by atoms with van der Waals surface area (Å²) in [6.45, 7) is 7.48. The van der Waals surface area contributed by atoms with Crippen molar-refractivity contribution in [3.05, 3.63) is 40.2 Å². The first-order chi connectivity index (χ1) is 12.0. The molecular weight excluding hydrogens is 340 g/mol. The van der Waals surface area contributed by atoms with Crippen molar-refractivity contribution in [2.24, 2.45) is 0 Å². The van der Waals surface area contributed by atoms with E-state index in [1.807, 2.05) is 11.8 Å². The zero-order chi connectivity index (χ0) is 17.8. The van der Waals surface area contributed by atoms with E-state index in [1.165, 1.54) is 12.5 Å². The Morgan fingerprint density at radius 2 is 2.12 bits per heavy atom. The number of nitrogens with one attached hydrogen (secondary N) is 1. The normalized spacial score (nSPS) is 16.6. The first kappa shape index (κ1) is 17.6. The van der Waals surface area contributed by atoms with Crippen LogP contribution in [0.4, 0.5) is 0 Å². The van der Waals surface area contributed by atoms with Gasteiger partial charge in [-0.15, -0.1) is 11.3 Å². The van der Waals surface area contributed by atoms with Crippen LogP contribution in [0.5, 0.6) is 0 Å². The molecule has 0 aromatic carbocycles. The van der Waals surface area contributed by atoms with Crippen LogP contribution in [0, 0.1) is 6.92 Å². The number of thiazole rings is 1. The maximum Gasteiger partial charge on any atom is 0.255 e. The minimum Gasteiger partial charge on any atom is -0.472 e. The van der Waals surface area contributed by atoms with Crippen LogP contribution in [0.15, 0.2) is 28.4 Å². The molecule has 25 heavy (non-hydrogen) atoms. The lowest BCUT2D eigenvalue weighted by atomic mass is 10.2. The lowest BCUT2D eigenvalue weighted by molar-refractivity contribution is -0.134. The van der Waals surface area contributed by atoms with E-state index in [0.29, 0.717) is 18.7 Å². The second-order valence-corrected chi connectivity index (χ2v) is 7.23. The number of hydrogen-bond acceptors (Lipinski definition) is 6. The van der Waals surface area contributed by atoms with Gasteiger partial charge in [0.2, 0.25) is 5.91 Å². The fourth-order valence-corrected chi connectivity index (χ4v) is 3.45.